The lowest BCUT2D eigenvalue weighted by Crippen LogP contribution is -2.26. The topological polar surface area (TPSA) is 55.0 Å². The first kappa shape index (κ1) is 17.4. The molecule has 1 aliphatic heterocycles. The molecular formula is C21H17ClN2O3. The Kier molecular flexibility index (Phi) is 4.69. The Balaban J connectivity index is 1.70. The molecule has 2 heterocycles. The normalized spacial score (nSPS) is 16.3. The summed E-state index contributed by atoms with van der Waals surface area (Å²) in [6.07, 6.45) is 2.16. The largest absolute Gasteiger partial charge is 0.497 e. The van der Waals surface area contributed by atoms with Crippen LogP contribution in [0.5, 0.6) is 5.75 Å². The number of halogens is 1. The summed E-state index contributed by atoms with van der Waals surface area (Å²) in [5.74, 6) is 1.24. The Morgan fingerprint density at radius 2 is 2.00 bits per heavy atom. The second-order valence-electron chi connectivity index (χ2n) is 6.17. The molecule has 1 aliphatic rings. The molecule has 0 spiro atoms. The van der Waals surface area contributed by atoms with Gasteiger partial charge in [0.1, 0.15) is 17.6 Å². The third-order valence-electron chi connectivity index (χ3n) is 4.48. The molecule has 3 aromatic rings. The van der Waals surface area contributed by atoms with Gasteiger partial charge in [0, 0.05) is 17.0 Å². The van der Waals surface area contributed by atoms with Crippen molar-refractivity contribution in [1.29, 1.82) is 0 Å². The van der Waals surface area contributed by atoms with E-state index in [0.29, 0.717) is 22.8 Å². The summed E-state index contributed by atoms with van der Waals surface area (Å²) in [5, 5.41) is 6.60. The second-order valence-corrected chi connectivity index (χ2v) is 6.61. The Morgan fingerprint density at radius 1 is 1.19 bits per heavy atom. The van der Waals surface area contributed by atoms with E-state index >= 15 is 0 Å². The number of nitrogens with zero attached hydrogens (tertiary/aromatic N) is 2. The van der Waals surface area contributed by atoms with Crippen molar-refractivity contribution in [2.24, 2.45) is 5.10 Å². The fraction of sp³-hybridized carbons (Fsp3) is 0.143. The highest BCUT2D eigenvalue weighted by Crippen LogP contribution is 2.34. The van der Waals surface area contributed by atoms with Crippen LogP contribution in [0.3, 0.4) is 0 Å². The number of methoxy groups -OCH3 is 1. The van der Waals surface area contributed by atoms with Gasteiger partial charge in [-0.05, 0) is 60.2 Å². The van der Waals surface area contributed by atoms with Gasteiger partial charge in [-0.2, -0.15) is 5.10 Å². The summed E-state index contributed by atoms with van der Waals surface area (Å²) in [6.45, 7) is 0. The maximum Gasteiger partial charge on any atom is 0.274 e. The minimum atomic E-state index is -0.302. The summed E-state index contributed by atoms with van der Waals surface area (Å²) in [4.78, 5) is 13.1. The summed E-state index contributed by atoms with van der Waals surface area (Å²) in [7, 11) is 1.63. The van der Waals surface area contributed by atoms with Crippen molar-refractivity contribution in [3.63, 3.8) is 0 Å². The molecule has 2 aromatic carbocycles. The standard InChI is InChI=1S/C21H17ClN2O3/c1-26-17-9-7-14(8-10-17)18-13-19(20-6-3-11-27-20)24(23-18)21(25)15-4-2-5-16(22)12-15/h2-12,19H,13H2,1H3/t19-/m1/s1. The molecule has 0 saturated carbocycles. The van der Waals surface area contributed by atoms with Crippen LogP contribution in [-0.2, 0) is 0 Å². The number of furan rings is 1. The minimum absolute atomic E-state index is 0.220. The van der Waals surface area contributed by atoms with Gasteiger partial charge in [-0.1, -0.05) is 17.7 Å². The van der Waals surface area contributed by atoms with Gasteiger partial charge < -0.3 is 9.15 Å². The summed E-state index contributed by atoms with van der Waals surface area (Å²) >= 11 is 6.05. The molecule has 0 aliphatic carbocycles. The molecule has 0 radical (unpaired) electrons. The first-order chi connectivity index (χ1) is 13.2. The van der Waals surface area contributed by atoms with E-state index in [4.69, 9.17) is 20.8 Å². The van der Waals surface area contributed by atoms with Crippen molar-refractivity contribution in [3.8, 4) is 5.75 Å². The molecule has 1 amide bonds. The molecule has 5 nitrogen and oxygen atoms in total. The molecule has 136 valence electrons. The van der Waals surface area contributed by atoms with E-state index in [1.54, 1.807) is 37.6 Å². The highest BCUT2D eigenvalue weighted by atomic mass is 35.5. The van der Waals surface area contributed by atoms with Gasteiger partial charge >= 0.3 is 0 Å². The van der Waals surface area contributed by atoms with Crippen LogP contribution in [-0.4, -0.2) is 23.7 Å². The van der Waals surface area contributed by atoms with Gasteiger partial charge in [0.15, 0.2) is 0 Å². The van der Waals surface area contributed by atoms with Crippen molar-refractivity contribution in [3.05, 3.63) is 88.8 Å². The van der Waals surface area contributed by atoms with E-state index in [1.165, 1.54) is 5.01 Å². The quantitative estimate of drug-likeness (QED) is 0.644. The van der Waals surface area contributed by atoms with Crippen molar-refractivity contribution in [1.82, 2.24) is 5.01 Å². The van der Waals surface area contributed by atoms with Crippen LogP contribution in [0, 0.1) is 0 Å². The number of carbonyl (C=O) groups is 1. The number of benzene rings is 2. The Bertz CT molecular complexity index is 981. The molecule has 0 bridgehead atoms. The van der Waals surface area contributed by atoms with Crippen LogP contribution >= 0.6 is 11.6 Å². The van der Waals surface area contributed by atoms with E-state index in [0.717, 1.165) is 17.0 Å². The molecule has 0 saturated heterocycles. The lowest BCUT2D eigenvalue weighted by Gasteiger charge is -2.20. The van der Waals surface area contributed by atoms with Crippen molar-refractivity contribution in [2.45, 2.75) is 12.5 Å². The molecule has 27 heavy (non-hydrogen) atoms. The SMILES string of the molecule is COc1ccc(C2=NN(C(=O)c3cccc(Cl)c3)[C@@H](c3ccco3)C2)cc1. The fourth-order valence-electron chi connectivity index (χ4n) is 3.11. The zero-order chi connectivity index (χ0) is 18.8. The number of hydrogen-bond acceptors (Lipinski definition) is 4. The molecule has 0 N–H and O–H groups in total. The van der Waals surface area contributed by atoms with Crippen LogP contribution in [0.4, 0.5) is 0 Å². The van der Waals surface area contributed by atoms with Crippen LogP contribution in [0.1, 0.15) is 34.1 Å². The fourth-order valence-corrected chi connectivity index (χ4v) is 3.30. The van der Waals surface area contributed by atoms with Gasteiger partial charge in [-0.15, -0.1) is 0 Å². The number of amides is 1. The molecule has 4 rings (SSSR count). The summed E-state index contributed by atoms with van der Waals surface area (Å²) in [5.41, 5.74) is 2.24. The van der Waals surface area contributed by atoms with Gasteiger partial charge in [0.25, 0.3) is 5.91 Å². The van der Waals surface area contributed by atoms with Gasteiger partial charge in [-0.25, -0.2) is 5.01 Å². The van der Waals surface area contributed by atoms with Gasteiger partial charge in [0.05, 0.1) is 19.1 Å². The van der Waals surface area contributed by atoms with Crippen LogP contribution in [0.25, 0.3) is 0 Å². The van der Waals surface area contributed by atoms with Crippen LogP contribution in [0.2, 0.25) is 5.02 Å². The van der Waals surface area contributed by atoms with Crippen molar-refractivity contribution >= 4 is 23.2 Å². The Morgan fingerprint density at radius 3 is 2.67 bits per heavy atom. The third kappa shape index (κ3) is 3.46. The number of hydrazone groups is 1. The van der Waals surface area contributed by atoms with Crippen LogP contribution < -0.4 is 4.74 Å². The molecular weight excluding hydrogens is 364 g/mol. The van der Waals surface area contributed by atoms with Crippen LogP contribution in [0.15, 0.2) is 76.4 Å². The van der Waals surface area contributed by atoms with Gasteiger partial charge in [0.2, 0.25) is 0 Å². The first-order valence-electron chi connectivity index (χ1n) is 8.50. The average molecular weight is 381 g/mol. The molecule has 6 heteroatoms. The van der Waals surface area contributed by atoms with E-state index in [9.17, 15) is 4.79 Å². The predicted octanol–water partition coefficient (Wildman–Crippen LogP) is 4.93. The van der Waals surface area contributed by atoms with E-state index in [-0.39, 0.29) is 11.9 Å². The molecule has 1 atom stereocenters. The van der Waals surface area contributed by atoms with Crippen molar-refractivity contribution in [2.75, 3.05) is 7.11 Å². The van der Waals surface area contributed by atoms with Gasteiger partial charge in [-0.3, -0.25) is 4.79 Å². The monoisotopic (exact) mass is 380 g/mol. The van der Waals surface area contributed by atoms with E-state index in [2.05, 4.69) is 5.10 Å². The Labute approximate surface area is 161 Å². The first-order valence-corrected chi connectivity index (χ1v) is 8.88. The number of ether oxygens (including phenoxy) is 1. The molecule has 1 aromatic heterocycles. The van der Waals surface area contributed by atoms with E-state index in [1.807, 2.05) is 36.4 Å². The Hall–Kier alpha value is -3.05. The van der Waals surface area contributed by atoms with E-state index < -0.39 is 0 Å². The maximum absolute atomic E-state index is 13.1. The summed E-state index contributed by atoms with van der Waals surface area (Å²) in [6, 6.07) is 17.8. The number of rotatable bonds is 4. The number of hydrogen-bond donors (Lipinski definition) is 0. The third-order valence-corrected chi connectivity index (χ3v) is 4.72. The lowest BCUT2D eigenvalue weighted by molar-refractivity contribution is 0.0693. The maximum atomic E-state index is 13.1. The highest BCUT2D eigenvalue weighted by molar-refractivity contribution is 6.31. The van der Waals surface area contributed by atoms with Crippen molar-refractivity contribution < 1.29 is 13.9 Å². The average Bonchev–Trinajstić information content (AvgIpc) is 3.37. The zero-order valence-corrected chi connectivity index (χ0v) is 15.4. The highest BCUT2D eigenvalue weighted by Gasteiger charge is 2.35. The number of carbonyl (C=O) groups excluding carboxylic acids is 1. The second kappa shape index (κ2) is 7.29. The minimum Gasteiger partial charge on any atom is -0.497 e. The summed E-state index contributed by atoms with van der Waals surface area (Å²) < 4.78 is 10.8. The predicted molar refractivity (Wildman–Crippen MR) is 103 cm³/mol. The molecule has 0 fully saturated rings. The zero-order valence-electron chi connectivity index (χ0n) is 14.6. The smallest absolute Gasteiger partial charge is 0.274 e. The lowest BCUT2D eigenvalue weighted by atomic mass is 10.0. The molecule has 0 unspecified atom stereocenters.